The maximum absolute atomic E-state index is 5.14. The van der Waals surface area contributed by atoms with Crippen LogP contribution >= 0.6 is 0 Å². The minimum absolute atomic E-state index is 0.244. The summed E-state index contributed by atoms with van der Waals surface area (Å²) in [5.41, 5.74) is 9.32. The summed E-state index contributed by atoms with van der Waals surface area (Å²) in [4.78, 5) is 20.4. The van der Waals surface area contributed by atoms with Gasteiger partial charge in [0.05, 0.1) is 11.2 Å². The van der Waals surface area contributed by atoms with E-state index in [2.05, 4.69) is 208 Å². The van der Waals surface area contributed by atoms with Crippen molar-refractivity contribution in [1.82, 2.24) is 19.9 Å². The van der Waals surface area contributed by atoms with Crippen LogP contribution in [-0.4, -0.2) is 19.9 Å². The molecule has 7 aromatic rings. The maximum Gasteiger partial charge on any atom is 0.164 e. The Hall–Kier alpha value is -7.56. The van der Waals surface area contributed by atoms with Crippen molar-refractivity contribution in [2.45, 2.75) is 19.3 Å². The van der Waals surface area contributed by atoms with Gasteiger partial charge in [0.25, 0.3) is 0 Å². The molecule has 4 nitrogen and oxygen atoms in total. The van der Waals surface area contributed by atoms with E-state index in [1.54, 1.807) is 5.57 Å². The Kier molecular flexibility index (Phi) is 9.97. The zero-order valence-electron chi connectivity index (χ0n) is 35.2. The molecule has 4 heteroatoms. The first-order valence-corrected chi connectivity index (χ1v) is 22.0. The third kappa shape index (κ3) is 7.59. The fourth-order valence-electron chi connectivity index (χ4n) is 9.71. The first-order chi connectivity index (χ1) is 31.0. The molecule has 0 spiro atoms. The number of fused-ring (bicyclic) bond motifs is 5. The molecule has 11 rings (SSSR count). The number of nitrogens with zero attached hydrogens (tertiary/aromatic N) is 4. The highest BCUT2D eigenvalue weighted by atomic mass is 15.0. The second-order valence-electron chi connectivity index (χ2n) is 17.1. The van der Waals surface area contributed by atoms with Gasteiger partial charge in [0, 0.05) is 45.8 Å². The molecule has 0 aliphatic heterocycles. The molecule has 0 fully saturated rings. The van der Waals surface area contributed by atoms with Crippen LogP contribution in [0.4, 0.5) is 0 Å². The molecular formula is C59H46N4. The largest absolute Gasteiger partial charge is 0.248 e. The molecule has 0 saturated heterocycles. The predicted molar refractivity (Wildman–Crippen MR) is 262 cm³/mol. The highest BCUT2D eigenvalue weighted by molar-refractivity contribution is 5.90. The predicted octanol–water partition coefficient (Wildman–Crippen LogP) is 12.3. The summed E-state index contributed by atoms with van der Waals surface area (Å²) in [6.07, 6.45) is 30.1. The number of allylic oxidation sites excluding steroid dienone is 14. The van der Waals surface area contributed by atoms with Crippen molar-refractivity contribution in [3.63, 3.8) is 0 Å². The second kappa shape index (κ2) is 16.4. The third-order valence-corrected chi connectivity index (χ3v) is 13.0. The summed E-state index contributed by atoms with van der Waals surface area (Å²) in [6.45, 7) is 7.01. The standard InChI is InChI=1S/C59H46N4/c1-38-12-11-20-53-54(37-48-18-7-9-19-52(48)56(38)53)43-26-22-42(23-27-43)47(31-33-51-32-30-44-15-8-10-21-55(44)60-51)34-39(2)57-61-58(49-28-24-40-13-3-5-16-45(40)35-49)63-59(62-57)50-29-25-41-14-4-6-17-46(41)36-50/h3-11,13-38,40,45,53-54H,2,12H2,1H3/b33-31+,47-34+. The molecule has 302 valence electrons. The van der Waals surface area contributed by atoms with E-state index in [-0.39, 0.29) is 11.8 Å². The van der Waals surface area contributed by atoms with Gasteiger partial charge in [-0.25, -0.2) is 19.9 Å². The van der Waals surface area contributed by atoms with Crippen LogP contribution in [-0.2, 0) is 0 Å². The summed E-state index contributed by atoms with van der Waals surface area (Å²) in [6, 6.07) is 45.2. The summed E-state index contributed by atoms with van der Waals surface area (Å²) in [5, 5.41) is 6.14. The summed E-state index contributed by atoms with van der Waals surface area (Å²) >= 11 is 0. The highest BCUT2D eigenvalue weighted by Crippen LogP contribution is 2.42. The fourth-order valence-corrected chi connectivity index (χ4v) is 9.71. The summed E-state index contributed by atoms with van der Waals surface area (Å²) in [5.74, 6) is 3.43. The lowest BCUT2D eigenvalue weighted by Crippen LogP contribution is -2.38. The number of para-hydroxylation sites is 1. The molecule has 5 atom stereocenters. The van der Waals surface area contributed by atoms with E-state index in [1.807, 2.05) is 12.1 Å². The van der Waals surface area contributed by atoms with E-state index < -0.39 is 0 Å². The van der Waals surface area contributed by atoms with Crippen LogP contribution in [0.25, 0.3) is 67.5 Å². The van der Waals surface area contributed by atoms with Crippen molar-refractivity contribution in [3.05, 3.63) is 240 Å². The lowest BCUT2D eigenvalue weighted by Gasteiger charge is -2.34. The smallest absolute Gasteiger partial charge is 0.164 e. The Morgan fingerprint density at radius 1 is 0.651 bits per heavy atom. The van der Waals surface area contributed by atoms with Gasteiger partial charge in [-0.2, -0.15) is 0 Å². The lowest BCUT2D eigenvalue weighted by molar-refractivity contribution is 0.609. The molecule has 5 unspecified atom stereocenters. The van der Waals surface area contributed by atoms with Crippen molar-refractivity contribution >= 4 is 56.1 Å². The van der Waals surface area contributed by atoms with Crippen LogP contribution in [0.3, 0.4) is 0 Å². The number of benzene rings is 5. The molecular weight excluding hydrogens is 765 g/mol. The average Bonchev–Trinajstić information content (AvgIpc) is 3.34. The number of hydrogen-bond acceptors (Lipinski definition) is 4. The van der Waals surface area contributed by atoms with Crippen molar-refractivity contribution < 1.29 is 0 Å². The van der Waals surface area contributed by atoms with E-state index in [1.165, 1.54) is 21.4 Å². The van der Waals surface area contributed by atoms with Crippen molar-refractivity contribution in [2.75, 3.05) is 0 Å². The van der Waals surface area contributed by atoms with Gasteiger partial charge in [0.1, 0.15) is 0 Å². The normalized spacial score (nSPS) is 21.2. The van der Waals surface area contributed by atoms with Crippen LogP contribution in [0, 0.1) is 23.7 Å². The SMILES string of the molecule is C=C(/C=C(\C=C\c1ccc2ccccc2n1)c1ccc(C2C=c3ccccc3=C3C(C)CC=CC32)cc1)c1nc(C2=CC3C=CC=CC3C=C2)nc(-c2ccc3ccccc3c2)n1. The van der Waals surface area contributed by atoms with E-state index in [9.17, 15) is 0 Å². The van der Waals surface area contributed by atoms with Crippen LogP contribution < -0.4 is 10.4 Å². The first-order valence-electron chi connectivity index (χ1n) is 22.0. The van der Waals surface area contributed by atoms with E-state index >= 15 is 0 Å². The Bertz CT molecular complexity index is 3320. The molecule has 2 aromatic heterocycles. The van der Waals surface area contributed by atoms with Gasteiger partial charge in [0.2, 0.25) is 0 Å². The molecule has 2 heterocycles. The van der Waals surface area contributed by atoms with Crippen molar-refractivity contribution in [3.8, 4) is 11.4 Å². The van der Waals surface area contributed by atoms with Crippen molar-refractivity contribution in [2.24, 2.45) is 23.7 Å². The highest BCUT2D eigenvalue weighted by Gasteiger charge is 2.31. The summed E-state index contributed by atoms with van der Waals surface area (Å²) < 4.78 is 0. The Morgan fingerprint density at radius 2 is 1.41 bits per heavy atom. The van der Waals surface area contributed by atoms with Gasteiger partial charge in [-0.05, 0) is 80.6 Å². The molecule has 5 aromatic carbocycles. The fraction of sp³-hybridized carbons (Fsp3) is 0.119. The van der Waals surface area contributed by atoms with Gasteiger partial charge >= 0.3 is 0 Å². The Balaban J connectivity index is 1.00. The lowest BCUT2D eigenvalue weighted by atomic mass is 9.70. The van der Waals surface area contributed by atoms with Gasteiger partial charge in [0.15, 0.2) is 17.5 Å². The molecule has 4 aliphatic carbocycles. The molecule has 0 saturated carbocycles. The van der Waals surface area contributed by atoms with E-state index in [4.69, 9.17) is 19.9 Å². The minimum Gasteiger partial charge on any atom is -0.248 e. The van der Waals surface area contributed by atoms with E-state index in [0.717, 1.165) is 50.7 Å². The molecule has 0 bridgehead atoms. The topological polar surface area (TPSA) is 51.6 Å². The molecule has 63 heavy (non-hydrogen) atoms. The van der Waals surface area contributed by atoms with Gasteiger partial charge in [-0.15, -0.1) is 0 Å². The van der Waals surface area contributed by atoms with Crippen LogP contribution in [0.1, 0.15) is 47.7 Å². The van der Waals surface area contributed by atoms with E-state index in [0.29, 0.717) is 40.8 Å². The number of hydrogen-bond donors (Lipinski definition) is 0. The van der Waals surface area contributed by atoms with Crippen LogP contribution in [0.15, 0.2) is 201 Å². The Labute approximate surface area is 368 Å². The Morgan fingerprint density at radius 3 is 2.30 bits per heavy atom. The molecule has 0 amide bonds. The first kappa shape index (κ1) is 38.4. The average molecular weight is 811 g/mol. The maximum atomic E-state index is 5.14. The number of aromatic nitrogens is 4. The number of rotatable bonds is 8. The van der Waals surface area contributed by atoms with Gasteiger partial charge < -0.3 is 0 Å². The zero-order chi connectivity index (χ0) is 42.3. The second-order valence-corrected chi connectivity index (χ2v) is 17.1. The van der Waals surface area contributed by atoms with Gasteiger partial charge in [-0.1, -0.05) is 195 Å². The quantitative estimate of drug-likeness (QED) is 0.113. The number of pyridine rings is 1. The minimum atomic E-state index is 0.244. The summed E-state index contributed by atoms with van der Waals surface area (Å²) in [7, 11) is 0. The molecule has 0 radical (unpaired) electrons. The van der Waals surface area contributed by atoms with Crippen LogP contribution in [0.5, 0.6) is 0 Å². The third-order valence-electron chi connectivity index (χ3n) is 13.0. The van der Waals surface area contributed by atoms with Crippen LogP contribution in [0.2, 0.25) is 0 Å². The molecule has 4 aliphatic rings. The molecule has 0 N–H and O–H groups in total. The van der Waals surface area contributed by atoms with Crippen molar-refractivity contribution in [1.29, 1.82) is 0 Å². The van der Waals surface area contributed by atoms with Gasteiger partial charge in [-0.3, -0.25) is 0 Å². The zero-order valence-corrected chi connectivity index (χ0v) is 35.2. The monoisotopic (exact) mass is 810 g/mol.